The molecular weight excluding hydrogens is 307 g/mol. The van der Waals surface area contributed by atoms with Crippen molar-refractivity contribution in [2.75, 3.05) is 19.6 Å². The molecule has 1 aromatic rings. The third-order valence-electron chi connectivity index (χ3n) is 5.76. The Morgan fingerprint density at radius 1 is 1.08 bits per heavy atom. The number of aliphatic hydroxyl groups is 1. The summed E-state index contributed by atoms with van der Waals surface area (Å²) in [4.78, 5) is 17.4. The lowest BCUT2D eigenvalue weighted by Crippen LogP contribution is -2.43. The average Bonchev–Trinajstić information content (AvgIpc) is 3.37. The Hall–Kier alpha value is -1.46. The van der Waals surface area contributed by atoms with Gasteiger partial charge in [-0.05, 0) is 62.9 Å². The third-order valence-corrected chi connectivity index (χ3v) is 5.76. The standard InChI is InChI=1S/C19H25FN2O2/c20-15-3-1-13(2-4-15)18-11-17(23)12-22(18)19(24)14-7-9-21(10-8-14)16-5-6-16/h1-4,14,16-18,23H,5-12H2/t17-,18-/m1/s1. The topological polar surface area (TPSA) is 43.8 Å². The van der Waals surface area contributed by atoms with Crippen molar-refractivity contribution in [1.82, 2.24) is 9.80 Å². The predicted molar refractivity (Wildman–Crippen MR) is 88.8 cm³/mol. The van der Waals surface area contributed by atoms with Crippen LogP contribution in [0.3, 0.4) is 0 Å². The van der Waals surface area contributed by atoms with Crippen molar-refractivity contribution in [2.24, 2.45) is 5.92 Å². The monoisotopic (exact) mass is 332 g/mol. The summed E-state index contributed by atoms with van der Waals surface area (Å²) >= 11 is 0. The molecule has 1 saturated carbocycles. The molecule has 2 saturated heterocycles. The van der Waals surface area contributed by atoms with Gasteiger partial charge in [-0.25, -0.2) is 4.39 Å². The smallest absolute Gasteiger partial charge is 0.226 e. The molecule has 4 rings (SSSR count). The van der Waals surface area contributed by atoms with E-state index in [-0.39, 0.29) is 23.7 Å². The Bertz CT molecular complexity index is 594. The summed E-state index contributed by atoms with van der Waals surface area (Å²) in [6.45, 7) is 2.42. The van der Waals surface area contributed by atoms with Crippen LogP contribution < -0.4 is 0 Å². The molecule has 130 valence electrons. The van der Waals surface area contributed by atoms with Gasteiger partial charge >= 0.3 is 0 Å². The molecule has 3 fully saturated rings. The number of piperidine rings is 1. The van der Waals surface area contributed by atoms with Crippen LogP contribution in [0.1, 0.15) is 43.7 Å². The van der Waals surface area contributed by atoms with Crippen LogP contribution in [0.15, 0.2) is 24.3 Å². The Morgan fingerprint density at radius 3 is 2.38 bits per heavy atom. The van der Waals surface area contributed by atoms with Gasteiger partial charge in [-0.15, -0.1) is 0 Å². The van der Waals surface area contributed by atoms with Crippen LogP contribution in [-0.4, -0.2) is 52.6 Å². The lowest BCUT2D eigenvalue weighted by Gasteiger charge is -2.35. The fraction of sp³-hybridized carbons (Fsp3) is 0.632. The molecule has 0 aromatic heterocycles. The summed E-state index contributed by atoms with van der Waals surface area (Å²) in [6.07, 6.45) is 4.50. The van der Waals surface area contributed by atoms with Gasteiger partial charge in [-0.3, -0.25) is 4.79 Å². The SMILES string of the molecule is O=C(C1CCN(C2CC2)CC1)N1C[C@H](O)C[C@@H]1c1ccc(F)cc1. The number of nitrogens with zero attached hydrogens (tertiary/aromatic N) is 2. The molecule has 2 atom stereocenters. The van der Waals surface area contributed by atoms with Gasteiger partial charge < -0.3 is 14.9 Å². The van der Waals surface area contributed by atoms with Crippen molar-refractivity contribution in [3.8, 4) is 0 Å². The van der Waals surface area contributed by atoms with Gasteiger partial charge in [0, 0.05) is 18.5 Å². The van der Waals surface area contributed by atoms with Crippen molar-refractivity contribution >= 4 is 5.91 Å². The molecule has 0 bridgehead atoms. The third kappa shape index (κ3) is 3.20. The van der Waals surface area contributed by atoms with Gasteiger partial charge in [0.05, 0.1) is 12.1 Å². The molecule has 2 aliphatic heterocycles. The lowest BCUT2D eigenvalue weighted by atomic mass is 9.94. The van der Waals surface area contributed by atoms with E-state index in [9.17, 15) is 14.3 Å². The maximum Gasteiger partial charge on any atom is 0.226 e. The normalized spacial score (nSPS) is 29.2. The van der Waals surface area contributed by atoms with Gasteiger partial charge in [-0.1, -0.05) is 12.1 Å². The summed E-state index contributed by atoms with van der Waals surface area (Å²) in [5.74, 6) is -0.0489. The largest absolute Gasteiger partial charge is 0.391 e. The highest BCUT2D eigenvalue weighted by Crippen LogP contribution is 2.36. The number of carbonyl (C=O) groups excluding carboxylic acids is 1. The minimum Gasteiger partial charge on any atom is -0.391 e. The average molecular weight is 332 g/mol. The van der Waals surface area contributed by atoms with Crippen molar-refractivity contribution < 1.29 is 14.3 Å². The Morgan fingerprint density at radius 2 is 1.75 bits per heavy atom. The summed E-state index contributed by atoms with van der Waals surface area (Å²) in [7, 11) is 0. The highest BCUT2D eigenvalue weighted by Gasteiger charge is 2.40. The number of hydrogen-bond donors (Lipinski definition) is 1. The molecule has 2 heterocycles. The Kier molecular flexibility index (Phi) is 4.31. The van der Waals surface area contributed by atoms with E-state index in [0.717, 1.165) is 37.5 Å². The zero-order chi connectivity index (χ0) is 16.7. The molecular formula is C19H25FN2O2. The van der Waals surface area contributed by atoms with E-state index in [0.29, 0.717) is 13.0 Å². The van der Waals surface area contributed by atoms with Crippen molar-refractivity contribution in [2.45, 2.75) is 50.3 Å². The molecule has 24 heavy (non-hydrogen) atoms. The molecule has 0 radical (unpaired) electrons. The lowest BCUT2D eigenvalue weighted by molar-refractivity contribution is -0.138. The van der Waals surface area contributed by atoms with Gasteiger partial charge in [0.15, 0.2) is 0 Å². The van der Waals surface area contributed by atoms with Crippen LogP contribution in [0, 0.1) is 11.7 Å². The first kappa shape index (κ1) is 16.0. The zero-order valence-electron chi connectivity index (χ0n) is 13.9. The molecule has 5 heteroatoms. The van der Waals surface area contributed by atoms with E-state index in [4.69, 9.17) is 0 Å². The number of β-amino-alcohol motifs (C(OH)–C–C–N with tert-alkyl or cyclic N) is 1. The van der Waals surface area contributed by atoms with Crippen molar-refractivity contribution in [3.63, 3.8) is 0 Å². The molecule has 0 spiro atoms. The molecule has 4 nitrogen and oxygen atoms in total. The second-order valence-corrected chi connectivity index (χ2v) is 7.49. The number of benzene rings is 1. The number of carbonyl (C=O) groups is 1. The first-order valence-corrected chi connectivity index (χ1v) is 9.10. The van der Waals surface area contributed by atoms with E-state index in [1.54, 1.807) is 12.1 Å². The quantitative estimate of drug-likeness (QED) is 0.924. The molecule has 1 amide bonds. The first-order chi connectivity index (χ1) is 11.6. The fourth-order valence-electron chi connectivity index (χ4n) is 4.24. The fourth-order valence-corrected chi connectivity index (χ4v) is 4.24. The summed E-state index contributed by atoms with van der Waals surface area (Å²) in [6, 6.07) is 6.95. The second-order valence-electron chi connectivity index (χ2n) is 7.49. The van der Waals surface area contributed by atoms with Crippen LogP contribution in [0.2, 0.25) is 0 Å². The molecule has 1 N–H and O–H groups in total. The molecule has 1 aliphatic carbocycles. The Labute approximate surface area is 142 Å². The summed E-state index contributed by atoms with van der Waals surface area (Å²) in [5, 5.41) is 10.1. The van der Waals surface area contributed by atoms with Crippen LogP contribution in [0.4, 0.5) is 4.39 Å². The Balaban J connectivity index is 1.44. The van der Waals surface area contributed by atoms with Gasteiger partial charge in [0.2, 0.25) is 5.91 Å². The van der Waals surface area contributed by atoms with E-state index >= 15 is 0 Å². The van der Waals surface area contributed by atoms with Crippen molar-refractivity contribution in [3.05, 3.63) is 35.6 Å². The van der Waals surface area contributed by atoms with Gasteiger partial charge in [0.25, 0.3) is 0 Å². The van der Waals surface area contributed by atoms with Crippen LogP contribution in [0.5, 0.6) is 0 Å². The highest BCUT2D eigenvalue weighted by molar-refractivity contribution is 5.80. The summed E-state index contributed by atoms with van der Waals surface area (Å²) < 4.78 is 13.2. The van der Waals surface area contributed by atoms with Crippen molar-refractivity contribution in [1.29, 1.82) is 0 Å². The van der Waals surface area contributed by atoms with E-state index in [1.165, 1.54) is 25.0 Å². The number of hydrogen-bond acceptors (Lipinski definition) is 3. The number of aliphatic hydroxyl groups excluding tert-OH is 1. The van der Waals surface area contributed by atoms with Crippen LogP contribution in [-0.2, 0) is 4.79 Å². The molecule has 0 unspecified atom stereocenters. The number of rotatable bonds is 3. The number of likely N-dealkylation sites (tertiary alicyclic amines) is 2. The minimum atomic E-state index is -0.490. The zero-order valence-corrected chi connectivity index (χ0v) is 13.9. The number of halogens is 1. The van der Waals surface area contributed by atoms with E-state index in [1.807, 2.05) is 4.90 Å². The number of amides is 1. The highest BCUT2D eigenvalue weighted by atomic mass is 19.1. The summed E-state index contributed by atoms with van der Waals surface area (Å²) in [5.41, 5.74) is 0.914. The molecule has 1 aromatic carbocycles. The second kappa shape index (κ2) is 6.45. The molecule has 3 aliphatic rings. The van der Waals surface area contributed by atoms with E-state index < -0.39 is 6.10 Å². The van der Waals surface area contributed by atoms with Crippen LogP contribution >= 0.6 is 0 Å². The van der Waals surface area contributed by atoms with Gasteiger partial charge in [0.1, 0.15) is 5.82 Å². The maximum atomic E-state index is 13.2. The van der Waals surface area contributed by atoms with Gasteiger partial charge in [-0.2, -0.15) is 0 Å². The van der Waals surface area contributed by atoms with Crippen LogP contribution in [0.25, 0.3) is 0 Å². The minimum absolute atomic E-state index is 0.0632. The predicted octanol–water partition coefficient (Wildman–Crippen LogP) is 2.33. The van der Waals surface area contributed by atoms with E-state index in [2.05, 4.69) is 4.90 Å². The first-order valence-electron chi connectivity index (χ1n) is 9.10. The maximum absolute atomic E-state index is 13.2.